The molecular weight excluding hydrogens is 544 g/mol. The number of phenolic OH excluding ortho intramolecular Hbond substituents is 2. The summed E-state index contributed by atoms with van der Waals surface area (Å²) in [5.41, 5.74) is 1.04. The highest BCUT2D eigenvalue weighted by molar-refractivity contribution is 5.85. The fourth-order valence-corrected chi connectivity index (χ4v) is 5.37. The molecule has 10 nitrogen and oxygen atoms in total. The van der Waals surface area contributed by atoms with Crippen LogP contribution in [0.15, 0.2) is 100 Å². The van der Waals surface area contributed by atoms with Crippen molar-refractivity contribution in [2.75, 3.05) is 0 Å². The zero-order chi connectivity index (χ0) is 29.1. The van der Waals surface area contributed by atoms with Gasteiger partial charge in [-0.25, -0.2) is 14.4 Å². The van der Waals surface area contributed by atoms with Crippen LogP contribution < -0.4 is 21.6 Å². The average molecular weight is 565 g/mol. The summed E-state index contributed by atoms with van der Waals surface area (Å²) >= 11 is 0. The SMILES string of the molecule is O=c1cc(Cc2ccc3c(c2)-c2oc(=O)c(Cc4cc(=O)oc5c(O)cccc45)cc2C(O)O3)c2ccc(O)cc2o1. The maximum atomic E-state index is 13.2. The number of phenols is 2. The molecule has 3 N–H and O–H groups in total. The van der Waals surface area contributed by atoms with E-state index in [0.717, 1.165) is 5.56 Å². The van der Waals surface area contributed by atoms with E-state index in [2.05, 4.69) is 0 Å². The lowest BCUT2D eigenvalue weighted by Crippen LogP contribution is -2.19. The number of hydrogen-bond acceptors (Lipinski definition) is 10. The molecule has 1 aliphatic rings. The van der Waals surface area contributed by atoms with Crippen LogP contribution in [0.4, 0.5) is 0 Å². The summed E-state index contributed by atoms with van der Waals surface area (Å²) in [6, 6.07) is 18.5. The Labute approximate surface area is 234 Å². The molecule has 0 fully saturated rings. The molecule has 10 heteroatoms. The first kappa shape index (κ1) is 25.4. The molecule has 0 aliphatic carbocycles. The van der Waals surface area contributed by atoms with Crippen LogP contribution in [0.2, 0.25) is 0 Å². The monoisotopic (exact) mass is 564 g/mol. The van der Waals surface area contributed by atoms with E-state index in [9.17, 15) is 29.7 Å². The highest BCUT2D eigenvalue weighted by atomic mass is 16.6. The minimum Gasteiger partial charge on any atom is -0.508 e. The lowest BCUT2D eigenvalue weighted by molar-refractivity contribution is -0.0232. The summed E-state index contributed by atoms with van der Waals surface area (Å²) in [7, 11) is 0. The molecule has 0 amide bonds. The van der Waals surface area contributed by atoms with E-state index < -0.39 is 23.2 Å². The second-order valence-corrected chi connectivity index (χ2v) is 10.0. The topological polar surface area (TPSA) is 161 Å². The van der Waals surface area contributed by atoms with Crippen molar-refractivity contribution in [3.8, 4) is 28.6 Å². The molecule has 4 heterocycles. The fourth-order valence-electron chi connectivity index (χ4n) is 5.37. The van der Waals surface area contributed by atoms with Gasteiger partial charge in [0, 0.05) is 41.0 Å². The van der Waals surface area contributed by atoms with Crippen molar-refractivity contribution in [2.45, 2.75) is 19.1 Å². The fraction of sp³-hybridized carbons (Fsp3) is 0.0938. The summed E-state index contributed by atoms with van der Waals surface area (Å²) in [6.07, 6.45) is -1.13. The van der Waals surface area contributed by atoms with Crippen LogP contribution >= 0.6 is 0 Å². The van der Waals surface area contributed by atoms with E-state index in [0.29, 0.717) is 39.6 Å². The molecule has 1 atom stereocenters. The molecule has 1 aliphatic heterocycles. The highest BCUT2D eigenvalue weighted by Gasteiger charge is 2.29. The van der Waals surface area contributed by atoms with Crippen molar-refractivity contribution in [1.82, 2.24) is 0 Å². The van der Waals surface area contributed by atoms with Gasteiger partial charge in [0.1, 0.15) is 17.1 Å². The Kier molecular flexibility index (Phi) is 5.73. The average Bonchev–Trinajstić information content (AvgIpc) is 2.94. The summed E-state index contributed by atoms with van der Waals surface area (Å²) in [5, 5.41) is 31.8. The van der Waals surface area contributed by atoms with Gasteiger partial charge in [-0.1, -0.05) is 18.2 Å². The van der Waals surface area contributed by atoms with Gasteiger partial charge in [0.2, 0.25) is 6.29 Å². The van der Waals surface area contributed by atoms with Crippen molar-refractivity contribution in [2.24, 2.45) is 0 Å². The molecule has 0 saturated carbocycles. The predicted octanol–water partition coefficient (Wildman–Crippen LogP) is 4.50. The molecule has 3 aromatic heterocycles. The third-order valence-corrected chi connectivity index (χ3v) is 7.27. The molecule has 0 radical (unpaired) electrons. The first-order valence-corrected chi connectivity index (χ1v) is 12.9. The van der Waals surface area contributed by atoms with Gasteiger partial charge in [-0.15, -0.1) is 0 Å². The molecule has 1 unspecified atom stereocenters. The van der Waals surface area contributed by atoms with E-state index in [1.807, 2.05) is 0 Å². The van der Waals surface area contributed by atoms with Crippen molar-refractivity contribution in [3.63, 3.8) is 0 Å². The Morgan fingerprint density at radius 3 is 2.33 bits per heavy atom. The number of fused-ring (bicyclic) bond motifs is 5. The minimum atomic E-state index is -1.42. The number of aliphatic hydroxyl groups excluding tert-OH is 1. The van der Waals surface area contributed by atoms with E-state index in [-0.39, 0.29) is 46.0 Å². The second-order valence-electron chi connectivity index (χ2n) is 10.0. The summed E-state index contributed by atoms with van der Waals surface area (Å²) in [5.74, 6) is 0.207. The number of aliphatic hydroxyl groups is 1. The Balaban J connectivity index is 1.29. The van der Waals surface area contributed by atoms with E-state index in [4.69, 9.17) is 18.0 Å². The number of rotatable bonds is 4. The van der Waals surface area contributed by atoms with E-state index >= 15 is 0 Å². The summed E-state index contributed by atoms with van der Waals surface area (Å²) < 4.78 is 21.8. The normalized spacial score (nSPS) is 14.0. The molecule has 3 aromatic carbocycles. The smallest absolute Gasteiger partial charge is 0.339 e. The lowest BCUT2D eigenvalue weighted by Gasteiger charge is -2.24. The van der Waals surface area contributed by atoms with Crippen molar-refractivity contribution < 1.29 is 33.3 Å². The van der Waals surface area contributed by atoms with Crippen LogP contribution in [-0.2, 0) is 12.8 Å². The predicted molar refractivity (Wildman–Crippen MR) is 150 cm³/mol. The standard InChI is InChI=1S/C32H20O10/c33-19-5-6-20-16(12-27(35)39-26(20)14-19)8-15-4-7-25-22(9-15)29-23(32(38)40-25)11-18(31(37)42-29)10-17-13-28(36)41-30-21(17)2-1-3-24(30)34/h1-7,9,11-14,32-34,38H,8,10H2. The van der Waals surface area contributed by atoms with Crippen molar-refractivity contribution in [1.29, 1.82) is 0 Å². The number of para-hydroxylation sites is 1. The van der Waals surface area contributed by atoms with Crippen LogP contribution in [-0.4, -0.2) is 15.3 Å². The minimum absolute atomic E-state index is 0.00735. The van der Waals surface area contributed by atoms with Gasteiger partial charge in [0.05, 0.1) is 11.1 Å². The molecule has 208 valence electrons. The van der Waals surface area contributed by atoms with Crippen molar-refractivity contribution >= 4 is 21.9 Å². The molecule has 7 rings (SSSR count). The third-order valence-electron chi connectivity index (χ3n) is 7.27. The van der Waals surface area contributed by atoms with Crippen LogP contribution in [0.25, 0.3) is 33.3 Å². The third kappa shape index (κ3) is 4.30. The zero-order valence-corrected chi connectivity index (χ0v) is 21.6. The van der Waals surface area contributed by atoms with Gasteiger partial charge >= 0.3 is 16.9 Å². The van der Waals surface area contributed by atoms with Gasteiger partial charge < -0.3 is 33.3 Å². The quantitative estimate of drug-likeness (QED) is 0.260. The molecule has 0 bridgehead atoms. The molecule has 42 heavy (non-hydrogen) atoms. The van der Waals surface area contributed by atoms with Gasteiger partial charge in [-0.3, -0.25) is 0 Å². The molecular formula is C32H20O10. The Morgan fingerprint density at radius 2 is 1.50 bits per heavy atom. The Bertz CT molecular complexity index is 2240. The maximum absolute atomic E-state index is 13.2. The van der Waals surface area contributed by atoms with Crippen LogP contribution in [0.5, 0.6) is 17.2 Å². The molecule has 6 aromatic rings. The van der Waals surface area contributed by atoms with Crippen LogP contribution in [0, 0.1) is 0 Å². The van der Waals surface area contributed by atoms with Crippen LogP contribution in [0.1, 0.15) is 34.1 Å². The maximum Gasteiger partial charge on any atom is 0.339 e. The molecule has 0 spiro atoms. The Hall–Kier alpha value is -5.61. The molecule has 0 saturated heterocycles. The number of hydrogen-bond donors (Lipinski definition) is 3. The first-order chi connectivity index (χ1) is 20.2. The zero-order valence-electron chi connectivity index (χ0n) is 21.6. The van der Waals surface area contributed by atoms with Gasteiger partial charge in [-0.2, -0.15) is 0 Å². The second kappa shape index (κ2) is 9.50. The van der Waals surface area contributed by atoms with E-state index in [1.165, 1.54) is 36.4 Å². The number of ether oxygens (including phenoxy) is 1. The van der Waals surface area contributed by atoms with Gasteiger partial charge in [0.25, 0.3) is 0 Å². The van der Waals surface area contributed by atoms with Crippen molar-refractivity contribution in [3.05, 3.63) is 132 Å². The Morgan fingerprint density at radius 1 is 0.714 bits per heavy atom. The van der Waals surface area contributed by atoms with Gasteiger partial charge in [-0.05, 0) is 59.5 Å². The van der Waals surface area contributed by atoms with Gasteiger partial charge in [0.15, 0.2) is 17.1 Å². The first-order valence-electron chi connectivity index (χ1n) is 12.9. The highest BCUT2D eigenvalue weighted by Crippen LogP contribution is 2.42. The number of benzene rings is 3. The lowest BCUT2D eigenvalue weighted by atomic mass is 9.95. The largest absolute Gasteiger partial charge is 0.508 e. The van der Waals surface area contributed by atoms with E-state index in [1.54, 1.807) is 36.4 Å². The number of aromatic hydroxyl groups is 2. The summed E-state index contributed by atoms with van der Waals surface area (Å²) in [6.45, 7) is 0. The van der Waals surface area contributed by atoms with Crippen LogP contribution in [0.3, 0.4) is 0 Å². The summed E-state index contributed by atoms with van der Waals surface area (Å²) in [4.78, 5) is 37.5.